The number of ether oxygens (including phenoxy) is 3. The molecule has 0 aliphatic rings. The van der Waals surface area contributed by atoms with Crippen LogP contribution in [0.25, 0.3) is 0 Å². The number of unbranched alkanes of at least 4 members (excludes halogenated alkanes) is 31. The maximum Gasteiger partial charge on any atom is 0.306 e. The van der Waals surface area contributed by atoms with E-state index in [0.717, 1.165) is 64.2 Å². The van der Waals surface area contributed by atoms with Gasteiger partial charge >= 0.3 is 17.9 Å². The van der Waals surface area contributed by atoms with E-state index < -0.39 is 6.10 Å². The van der Waals surface area contributed by atoms with Crippen molar-refractivity contribution < 1.29 is 28.6 Å². The van der Waals surface area contributed by atoms with Crippen LogP contribution in [-0.4, -0.2) is 37.2 Å². The van der Waals surface area contributed by atoms with Crippen molar-refractivity contribution in [1.29, 1.82) is 0 Å². The van der Waals surface area contributed by atoms with Gasteiger partial charge in [-0.3, -0.25) is 14.4 Å². The standard InChI is InChI=1S/C55H100O6/c1-4-7-10-13-16-19-22-24-26-27-29-30-33-36-39-42-45-48-54(57)60-51-52(50-59-53(56)47-44-41-38-35-32-21-18-15-12-9-6-3)61-55(58)49-46-43-40-37-34-31-28-25-23-20-17-14-11-8-5-2/h9,12,18,21,35,38,52H,4-8,10-11,13-17,19-20,22-34,36-37,39-51H2,1-3H3/b12-9-,21-18-,38-35-. The molecule has 0 saturated carbocycles. The van der Waals surface area contributed by atoms with Crippen LogP contribution in [0.2, 0.25) is 0 Å². The summed E-state index contributed by atoms with van der Waals surface area (Å²) in [5, 5.41) is 0. The molecule has 356 valence electrons. The zero-order chi connectivity index (χ0) is 44.4. The first-order chi connectivity index (χ1) is 30.0. The molecule has 0 aromatic carbocycles. The Balaban J connectivity index is 4.34. The summed E-state index contributed by atoms with van der Waals surface area (Å²) in [7, 11) is 0. The van der Waals surface area contributed by atoms with Gasteiger partial charge in [0.25, 0.3) is 0 Å². The van der Waals surface area contributed by atoms with Crippen LogP contribution in [-0.2, 0) is 28.6 Å². The Morgan fingerprint density at radius 2 is 0.639 bits per heavy atom. The van der Waals surface area contributed by atoms with E-state index in [-0.39, 0.29) is 31.1 Å². The van der Waals surface area contributed by atoms with Crippen LogP contribution in [0.4, 0.5) is 0 Å². The highest BCUT2D eigenvalue weighted by Crippen LogP contribution is 2.16. The Labute approximate surface area is 378 Å². The van der Waals surface area contributed by atoms with Gasteiger partial charge in [-0.25, -0.2) is 0 Å². The maximum absolute atomic E-state index is 12.8. The first-order valence-corrected chi connectivity index (χ1v) is 26.5. The second-order valence-electron chi connectivity index (χ2n) is 17.8. The summed E-state index contributed by atoms with van der Waals surface area (Å²) in [5.74, 6) is -0.926. The third-order valence-electron chi connectivity index (χ3n) is 11.7. The lowest BCUT2D eigenvalue weighted by molar-refractivity contribution is -0.167. The molecule has 0 radical (unpaired) electrons. The van der Waals surface area contributed by atoms with Gasteiger partial charge in [-0.05, 0) is 44.9 Å². The predicted octanol–water partition coefficient (Wildman–Crippen LogP) is 17.3. The molecular weight excluding hydrogens is 757 g/mol. The zero-order valence-corrected chi connectivity index (χ0v) is 40.7. The second kappa shape index (κ2) is 50.3. The molecule has 1 unspecified atom stereocenters. The average molecular weight is 857 g/mol. The van der Waals surface area contributed by atoms with Gasteiger partial charge in [0, 0.05) is 19.3 Å². The molecule has 0 aromatic heterocycles. The van der Waals surface area contributed by atoms with Gasteiger partial charge in [-0.1, -0.05) is 250 Å². The molecule has 0 aliphatic carbocycles. The van der Waals surface area contributed by atoms with E-state index in [1.165, 1.54) is 167 Å². The average Bonchev–Trinajstić information content (AvgIpc) is 3.26. The monoisotopic (exact) mass is 857 g/mol. The maximum atomic E-state index is 12.8. The SMILES string of the molecule is CC/C=C\C/C=C\C/C=C\CCCC(=O)OCC(COC(=O)CCCCCCCCCCCCCCCCCCC)OC(=O)CCCCCCCCCCCCCCCCC. The van der Waals surface area contributed by atoms with Gasteiger partial charge in [-0.2, -0.15) is 0 Å². The van der Waals surface area contributed by atoms with Crippen molar-refractivity contribution in [2.45, 2.75) is 284 Å². The van der Waals surface area contributed by atoms with Crippen LogP contribution in [0.3, 0.4) is 0 Å². The minimum Gasteiger partial charge on any atom is -0.462 e. The number of hydrogen-bond acceptors (Lipinski definition) is 6. The van der Waals surface area contributed by atoms with E-state index in [4.69, 9.17) is 14.2 Å². The largest absolute Gasteiger partial charge is 0.462 e. The van der Waals surface area contributed by atoms with E-state index in [0.29, 0.717) is 25.7 Å². The van der Waals surface area contributed by atoms with E-state index in [2.05, 4.69) is 57.2 Å². The Morgan fingerprint density at radius 1 is 0.344 bits per heavy atom. The van der Waals surface area contributed by atoms with Crippen LogP contribution < -0.4 is 0 Å². The molecule has 0 amide bonds. The lowest BCUT2D eigenvalue weighted by Crippen LogP contribution is -2.30. The summed E-state index contributed by atoms with van der Waals surface area (Å²) in [4.78, 5) is 37.9. The third-order valence-corrected chi connectivity index (χ3v) is 11.7. The summed E-state index contributed by atoms with van der Waals surface area (Å²) >= 11 is 0. The van der Waals surface area contributed by atoms with Crippen molar-refractivity contribution >= 4 is 17.9 Å². The summed E-state index contributed by atoms with van der Waals surface area (Å²) in [6, 6.07) is 0. The molecule has 0 spiro atoms. The second-order valence-corrected chi connectivity index (χ2v) is 17.8. The predicted molar refractivity (Wildman–Crippen MR) is 261 cm³/mol. The number of allylic oxidation sites excluding steroid dienone is 6. The molecule has 61 heavy (non-hydrogen) atoms. The van der Waals surface area contributed by atoms with Crippen molar-refractivity contribution in [2.75, 3.05) is 13.2 Å². The molecule has 0 aromatic rings. The number of hydrogen-bond donors (Lipinski definition) is 0. The van der Waals surface area contributed by atoms with Crippen LogP contribution in [0.1, 0.15) is 278 Å². The van der Waals surface area contributed by atoms with Gasteiger partial charge in [0.2, 0.25) is 0 Å². The van der Waals surface area contributed by atoms with Crippen molar-refractivity contribution in [3.63, 3.8) is 0 Å². The normalized spacial score (nSPS) is 12.2. The molecule has 6 heteroatoms. The van der Waals surface area contributed by atoms with Gasteiger partial charge < -0.3 is 14.2 Å². The molecule has 0 N–H and O–H groups in total. The minimum absolute atomic E-state index is 0.0832. The Kier molecular flexibility index (Phi) is 48.3. The van der Waals surface area contributed by atoms with Crippen LogP contribution in [0.15, 0.2) is 36.5 Å². The molecule has 1 atom stereocenters. The van der Waals surface area contributed by atoms with E-state index in [1.54, 1.807) is 0 Å². The zero-order valence-electron chi connectivity index (χ0n) is 40.7. The van der Waals surface area contributed by atoms with Crippen molar-refractivity contribution in [1.82, 2.24) is 0 Å². The highest BCUT2D eigenvalue weighted by molar-refractivity contribution is 5.71. The van der Waals surface area contributed by atoms with E-state index in [9.17, 15) is 14.4 Å². The molecule has 0 bridgehead atoms. The molecule has 0 rings (SSSR count). The molecule has 0 fully saturated rings. The van der Waals surface area contributed by atoms with E-state index in [1.807, 2.05) is 0 Å². The summed E-state index contributed by atoms with van der Waals surface area (Å²) in [6.07, 6.45) is 58.6. The summed E-state index contributed by atoms with van der Waals surface area (Å²) in [5.41, 5.74) is 0. The highest BCUT2D eigenvalue weighted by atomic mass is 16.6. The Hall–Kier alpha value is -2.37. The van der Waals surface area contributed by atoms with Crippen LogP contribution in [0, 0.1) is 0 Å². The lowest BCUT2D eigenvalue weighted by Gasteiger charge is -2.18. The molecular formula is C55H100O6. The lowest BCUT2D eigenvalue weighted by atomic mass is 10.0. The fourth-order valence-electron chi connectivity index (χ4n) is 7.70. The minimum atomic E-state index is -0.786. The third kappa shape index (κ3) is 48.5. The molecule has 0 heterocycles. The number of esters is 3. The summed E-state index contributed by atoms with van der Waals surface area (Å²) < 4.78 is 16.8. The fourth-order valence-corrected chi connectivity index (χ4v) is 7.70. The van der Waals surface area contributed by atoms with Gasteiger partial charge in [0.15, 0.2) is 6.10 Å². The highest BCUT2D eigenvalue weighted by Gasteiger charge is 2.19. The number of rotatable bonds is 48. The van der Waals surface area contributed by atoms with Gasteiger partial charge in [0.05, 0.1) is 0 Å². The Morgan fingerprint density at radius 3 is 1.00 bits per heavy atom. The molecule has 0 saturated heterocycles. The van der Waals surface area contributed by atoms with Crippen molar-refractivity contribution in [3.05, 3.63) is 36.5 Å². The smallest absolute Gasteiger partial charge is 0.306 e. The molecule has 0 aliphatic heterocycles. The Bertz CT molecular complexity index is 1030. The quantitative estimate of drug-likeness (QED) is 0.0262. The van der Waals surface area contributed by atoms with Gasteiger partial charge in [0.1, 0.15) is 13.2 Å². The first-order valence-electron chi connectivity index (χ1n) is 26.5. The number of carbonyl (C=O) groups is 3. The fraction of sp³-hybridized carbons (Fsp3) is 0.836. The number of carbonyl (C=O) groups excluding carboxylic acids is 3. The topological polar surface area (TPSA) is 78.9 Å². The first kappa shape index (κ1) is 58.6. The van der Waals surface area contributed by atoms with Gasteiger partial charge in [-0.15, -0.1) is 0 Å². The van der Waals surface area contributed by atoms with Crippen molar-refractivity contribution in [3.8, 4) is 0 Å². The summed E-state index contributed by atoms with van der Waals surface area (Å²) in [6.45, 7) is 6.51. The van der Waals surface area contributed by atoms with Crippen LogP contribution >= 0.6 is 0 Å². The molecule has 6 nitrogen and oxygen atoms in total. The van der Waals surface area contributed by atoms with Crippen LogP contribution in [0.5, 0.6) is 0 Å². The van der Waals surface area contributed by atoms with E-state index >= 15 is 0 Å². The van der Waals surface area contributed by atoms with Crippen molar-refractivity contribution in [2.24, 2.45) is 0 Å².